The van der Waals surface area contributed by atoms with Crippen molar-refractivity contribution < 1.29 is 13.5 Å². The molecule has 3 rings (SSSR count). The Morgan fingerprint density at radius 1 is 1.14 bits per heavy atom. The molecule has 21 heavy (non-hydrogen) atoms. The average molecular weight is 296 g/mol. The fourth-order valence-electron chi connectivity index (χ4n) is 2.93. The van der Waals surface area contributed by atoms with Crippen molar-refractivity contribution in [2.24, 2.45) is 0 Å². The first-order chi connectivity index (χ1) is 10.0. The number of ether oxygens (including phenoxy) is 1. The Balaban J connectivity index is 1.77. The first-order valence-electron chi connectivity index (χ1n) is 7.64. The van der Waals surface area contributed by atoms with Gasteiger partial charge in [-0.1, -0.05) is 0 Å². The molecule has 3 nitrogen and oxygen atoms in total. The van der Waals surface area contributed by atoms with Crippen LogP contribution >= 0.6 is 0 Å². The maximum Gasteiger partial charge on any atom is 0.149 e. The molecule has 0 radical (unpaired) electrons. The number of hydrogen-bond acceptors (Lipinski definition) is 3. The summed E-state index contributed by atoms with van der Waals surface area (Å²) in [5.74, 6) is -0.965. The van der Waals surface area contributed by atoms with Crippen LogP contribution in [0.2, 0.25) is 0 Å². The lowest BCUT2D eigenvalue weighted by molar-refractivity contribution is -0.00558. The van der Waals surface area contributed by atoms with Crippen molar-refractivity contribution in [3.05, 3.63) is 29.3 Å². The highest BCUT2D eigenvalue weighted by Crippen LogP contribution is 2.28. The molecule has 1 N–H and O–H groups in total. The van der Waals surface area contributed by atoms with Crippen LogP contribution in [0.25, 0.3) is 0 Å². The SMILES string of the molecule is CC1CN(c2c(F)cc(CNC3CC3)cc2F)CC(C)O1. The van der Waals surface area contributed by atoms with Gasteiger partial charge in [0.25, 0.3) is 0 Å². The molecule has 1 saturated heterocycles. The largest absolute Gasteiger partial charge is 0.372 e. The van der Waals surface area contributed by atoms with Crippen LogP contribution in [0, 0.1) is 11.6 Å². The summed E-state index contributed by atoms with van der Waals surface area (Å²) in [6.45, 7) is 5.39. The normalized spacial score (nSPS) is 26.2. The summed E-state index contributed by atoms with van der Waals surface area (Å²) >= 11 is 0. The van der Waals surface area contributed by atoms with Crippen LogP contribution < -0.4 is 10.2 Å². The van der Waals surface area contributed by atoms with Gasteiger partial charge in [0.1, 0.15) is 17.3 Å². The highest BCUT2D eigenvalue weighted by molar-refractivity contribution is 5.51. The van der Waals surface area contributed by atoms with Gasteiger partial charge in [0.05, 0.1) is 12.2 Å². The number of morpholine rings is 1. The van der Waals surface area contributed by atoms with Gasteiger partial charge in [-0.3, -0.25) is 0 Å². The summed E-state index contributed by atoms with van der Waals surface area (Å²) in [7, 11) is 0. The van der Waals surface area contributed by atoms with E-state index in [-0.39, 0.29) is 17.9 Å². The molecule has 1 heterocycles. The summed E-state index contributed by atoms with van der Waals surface area (Å²) in [6.07, 6.45) is 2.27. The number of anilines is 1. The number of rotatable bonds is 4. The Morgan fingerprint density at radius 3 is 2.24 bits per heavy atom. The van der Waals surface area contributed by atoms with Crippen LogP contribution in [-0.4, -0.2) is 31.3 Å². The Hall–Kier alpha value is -1.20. The maximum atomic E-state index is 14.3. The predicted molar refractivity (Wildman–Crippen MR) is 78.4 cm³/mol. The lowest BCUT2D eigenvalue weighted by atomic mass is 10.1. The Bertz CT molecular complexity index is 486. The van der Waals surface area contributed by atoms with Crippen LogP contribution in [0.4, 0.5) is 14.5 Å². The predicted octanol–water partition coefficient (Wildman–Crippen LogP) is 2.83. The van der Waals surface area contributed by atoms with E-state index in [1.54, 1.807) is 4.90 Å². The van der Waals surface area contributed by atoms with Gasteiger partial charge in [0.15, 0.2) is 0 Å². The lowest BCUT2D eigenvalue weighted by Gasteiger charge is -2.37. The molecule has 2 fully saturated rings. The zero-order valence-corrected chi connectivity index (χ0v) is 12.5. The summed E-state index contributed by atoms with van der Waals surface area (Å²) in [6, 6.07) is 3.41. The van der Waals surface area contributed by atoms with E-state index in [2.05, 4.69) is 5.32 Å². The van der Waals surface area contributed by atoms with Gasteiger partial charge < -0.3 is 15.0 Å². The molecule has 5 heteroatoms. The van der Waals surface area contributed by atoms with Gasteiger partial charge in [-0.15, -0.1) is 0 Å². The summed E-state index contributed by atoms with van der Waals surface area (Å²) in [5.41, 5.74) is 0.738. The van der Waals surface area contributed by atoms with Gasteiger partial charge in [-0.25, -0.2) is 8.78 Å². The standard InChI is InChI=1S/C16H22F2N2O/c1-10-8-20(9-11(2)21-10)16-14(17)5-12(6-15(16)18)7-19-13-3-4-13/h5-6,10-11,13,19H,3-4,7-9H2,1-2H3. The van der Waals surface area contributed by atoms with E-state index in [1.165, 1.54) is 12.1 Å². The van der Waals surface area contributed by atoms with Gasteiger partial charge in [0, 0.05) is 25.7 Å². The molecule has 1 aliphatic heterocycles. The van der Waals surface area contributed by atoms with Crippen molar-refractivity contribution in [3.8, 4) is 0 Å². The minimum absolute atomic E-state index is 0.0243. The van der Waals surface area contributed by atoms with Crippen LogP contribution in [0.15, 0.2) is 12.1 Å². The van der Waals surface area contributed by atoms with E-state index in [0.29, 0.717) is 31.2 Å². The van der Waals surface area contributed by atoms with Crippen molar-refractivity contribution in [3.63, 3.8) is 0 Å². The highest BCUT2D eigenvalue weighted by Gasteiger charge is 2.27. The monoisotopic (exact) mass is 296 g/mol. The molecule has 1 aromatic rings. The van der Waals surface area contributed by atoms with Crippen molar-refractivity contribution in [2.45, 2.75) is 51.5 Å². The van der Waals surface area contributed by atoms with Gasteiger partial charge in [-0.2, -0.15) is 0 Å². The van der Waals surface area contributed by atoms with E-state index in [1.807, 2.05) is 13.8 Å². The van der Waals surface area contributed by atoms with E-state index >= 15 is 0 Å². The molecule has 1 aliphatic carbocycles. The third kappa shape index (κ3) is 3.52. The molecule has 0 aromatic heterocycles. The zero-order chi connectivity index (χ0) is 15.0. The maximum absolute atomic E-state index is 14.3. The van der Waals surface area contributed by atoms with E-state index in [9.17, 15) is 8.78 Å². The molecule has 1 aromatic carbocycles. The summed E-state index contributed by atoms with van der Waals surface area (Å²) in [5, 5.41) is 3.27. The smallest absolute Gasteiger partial charge is 0.149 e. The summed E-state index contributed by atoms with van der Waals surface area (Å²) < 4.78 is 34.3. The second-order valence-corrected chi connectivity index (χ2v) is 6.23. The Kier molecular flexibility index (Phi) is 4.13. The molecule has 0 bridgehead atoms. The first kappa shape index (κ1) is 14.7. The van der Waals surface area contributed by atoms with Crippen molar-refractivity contribution in [1.29, 1.82) is 0 Å². The van der Waals surface area contributed by atoms with E-state index in [0.717, 1.165) is 12.8 Å². The fourth-order valence-corrected chi connectivity index (χ4v) is 2.93. The lowest BCUT2D eigenvalue weighted by Crippen LogP contribution is -2.46. The molecular formula is C16H22F2N2O. The molecule has 2 unspecified atom stereocenters. The quantitative estimate of drug-likeness (QED) is 0.924. The molecule has 0 spiro atoms. The molecule has 2 atom stereocenters. The van der Waals surface area contributed by atoms with Crippen LogP contribution in [-0.2, 0) is 11.3 Å². The molecule has 2 aliphatic rings. The minimum Gasteiger partial charge on any atom is -0.372 e. The zero-order valence-electron chi connectivity index (χ0n) is 12.5. The Labute approximate surface area is 124 Å². The van der Waals surface area contributed by atoms with Gasteiger partial charge >= 0.3 is 0 Å². The second-order valence-electron chi connectivity index (χ2n) is 6.23. The van der Waals surface area contributed by atoms with E-state index in [4.69, 9.17) is 4.74 Å². The van der Waals surface area contributed by atoms with Crippen LogP contribution in [0.5, 0.6) is 0 Å². The molecule has 116 valence electrons. The topological polar surface area (TPSA) is 24.5 Å². The van der Waals surface area contributed by atoms with Crippen molar-refractivity contribution in [1.82, 2.24) is 5.32 Å². The average Bonchev–Trinajstić information content (AvgIpc) is 3.18. The highest BCUT2D eigenvalue weighted by atomic mass is 19.1. The fraction of sp³-hybridized carbons (Fsp3) is 0.625. The first-order valence-corrected chi connectivity index (χ1v) is 7.64. The number of nitrogens with one attached hydrogen (secondary N) is 1. The number of halogens is 2. The van der Waals surface area contributed by atoms with Crippen molar-refractivity contribution in [2.75, 3.05) is 18.0 Å². The molecule has 0 amide bonds. The minimum atomic E-state index is -0.483. The summed E-state index contributed by atoms with van der Waals surface area (Å²) in [4.78, 5) is 1.75. The van der Waals surface area contributed by atoms with E-state index < -0.39 is 11.6 Å². The van der Waals surface area contributed by atoms with Crippen LogP contribution in [0.1, 0.15) is 32.3 Å². The second kappa shape index (κ2) is 5.89. The Morgan fingerprint density at radius 2 is 1.71 bits per heavy atom. The number of benzene rings is 1. The van der Waals surface area contributed by atoms with Gasteiger partial charge in [-0.05, 0) is 44.4 Å². The number of nitrogens with zero attached hydrogens (tertiary/aromatic N) is 1. The van der Waals surface area contributed by atoms with Crippen LogP contribution in [0.3, 0.4) is 0 Å². The van der Waals surface area contributed by atoms with Crippen molar-refractivity contribution >= 4 is 5.69 Å². The third-order valence-electron chi connectivity index (χ3n) is 3.98. The third-order valence-corrected chi connectivity index (χ3v) is 3.98. The number of hydrogen-bond donors (Lipinski definition) is 1. The molecular weight excluding hydrogens is 274 g/mol. The van der Waals surface area contributed by atoms with Gasteiger partial charge in [0.2, 0.25) is 0 Å². The molecule has 1 saturated carbocycles.